The Hall–Kier alpha value is -2.39. The third kappa shape index (κ3) is 2.98. The zero-order valence-electron chi connectivity index (χ0n) is 15.5. The van der Waals surface area contributed by atoms with Gasteiger partial charge >= 0.3 is 24.8 Å². The van der Waals surface area contributed by atoms with Gasteiger partial charge in [0.05, 0.1) is 13.7 Å². The van der Waals surface area contributed by atoms with Gasteiger partial charge in [0.2, 0.25) is 0 Å². The quantitative estimate of drug-likeness (QED) is 0.316. The summed E-state index contributed by atoms with van der Waals surface area (Å²) in [5.41, 5.74) is 4.22. The molecule has 1 aliphatic rings. The summed E-state index contributed by atoms with van der Waals surface area (Å²) in [6, 6.07) is 14.5. The molecule has 1 aliphatic heterocycles. The molecule has 28 heavy (non-hydrogen) atoms. The van der Waals surface area contributed by atoms with E-state index in [9.17, 15) is 4.79 Å². The average Bonchev–Trinajstić information content (AvgIpc) is 3.27. The minimum atomic E-state index is -0.465. The predicted octanol–water partition coefficient (Wildman–Crippen LogP) is 1.04. The van der Waals surface area contributed by atoms with Gasteiger partial charge in [-0.05, 0) is 23.8 Å². The van der Waals surface area contributed by atoms with Gasteiger partial charge in [-0.2, -0.15) is 12.1 Å². The van der Waals surface area contributed by atoms with Crippen LogP contribution in [0.4, 0.5) is 6.01 Å². The van der Waals surface area contributed by atoms with Crippen molar-refractivity contribution in [3.05, 3.63) is 58.7 Å². The zero-order chi connectivity index (χ0) is 18.5. The molecule has 0 amide bonds. The van der Waals surface area contributed by atoms with Crippen molar-refractivity contribution in [2.24, 2.45) is 0 Å². The van der Waals surface area contributed by atoms with Crippen molar-refractivity contribution in [1.29, 1.82) is 0 Å². The maximum atomic E-state index is 12.6. The van der Waals surface area contributed by atoms with E-state index in [4.69, 9.17) is 20.8 Å². The number of anilines is 1. The fourth-order valence-corrected chi connectivity index (χ4v) is 3.92. The largest absolute Gasteiger partial charge is 1.00 e. The molecule has 0 spiro atoms. The third-order valence-corrected chi connectivity index (χ3v) is 5.20. The molecule has 0 radical (unpaired) electrons. The van der Waals surface area contributed by atoms with Crippen LogP contribution < -0.4 is 23.8 Å². The smallest absolute Gasteiger partial charge is 0.488 e. The summed E-state index contributed by atoms with van der Waals surface area (Å²) in [5.74, 6) is -0.765. The van der Waals surface area contributed by atoms with Crippen LogP contribution in [0.25, 0.3) is 22.0 Å². The first-order valence-electron chi connectivity index (χ1n) is 8.53. The Kier molecular flexibility index (Phi) is 4.88. The zero-order valence-corrected chi connectivity index (χ0v) is 16.2. The molecule has 2 aromatic heterocycles. The van der Waals surface area contributed by atoms with E-state index in [-0.39, 0.29) is 24.8 Å². The van der Waals surface area contributed by atoms with E-state index in [1.54, 1.807) is 12.1 Å². The molecule has 6 nitrogen and oxygen atoms in total. The van der Waals surface area contributed by atoms with Crippen LogP contribution in [0.3, 0.4) is 0 Å². The number of esters is 1. The van der Waals surface area contributed by atoms with Crippen LogP contribution >= 0.6 is 11.6 Å². The molecule has 136 valence electrons. The molecule has 8 heteroatoms. The third-order valence-electron chi connectivity index (χ3n) is 4.96. The van der Waals surface area contributed by atoms with Gasteiger partial charge in [-0.1, -0.05) is 11.6 Å². The number of H-pyrrole nitrogens is 1. The molecular weight excluding hydrogens is 373 g/mol. The molecule has 5 rings (SSSR count). The van der Waals surface area contributed by atoms with Crippen LogP contribution in [0.15, 0.2) is 40.8 Å². The number of aromatic amines is 1. The fourth-order valence-electron chi connectivity index (χ4n) is 3.75. The van der Waals surface area contributed by atoms with Crippen LogP contribution in [0, 0.1) is 6.07 Å². The summed E-state index contributed by atoms with van der Waals surface area (Å²) < 4.78 is 10.9. The summed E-state index contributed by atoms with van der Waals surface area (Å²) in [6.07, 6.45) is 0. The Balaban J connectivity index is 0.00000192. The van der Waals surface area contributed by atoms with Crippen LogP contribution in [-0.4, -0.2) is 29.6 Å². The monoisotopic (exact) mass is 387 g/mol. The number of hydrogen-bond acceptors (Lipinski definition) is 5. The first kappa shape index (κ1) is 18.9. The van der Waals surface area contributed by atoms with Crippen molar-refractivity contribution < 1.29 is 32.8 Å². The Morgan fingerprint density at radius 1 is 1.43 bits per heavy atom. The molecule has 1 atom stereocenters. The van der Waals surface area contributed by atoms with Crippen LogP contribution in [-0.2, 0) is 16.1 Å². The Labute approximate surface area is 178 Å². The van der Waals surface area contributed by atoms with Gasteiger partial charge in [0, 0.05) is 39.3 Å². The van der Waals surface area contributed by atoms with E-state index in [0.717, 1.165) is 27.7 Å². The molecule has 0 aliphatic carbocycles. The maximum absolute atomic E-state index is 12.6. The van der Waals surface area contributed by atoms with E-state index in [0.29, 0.717) is 29.7 Å². The molecule has 1 unspecified atom stereocenters. The number of ether oxygens (including phenoxy) is 1. The topological polar surface area (TPSA) is 71.4 Å². The van der Waals surface area contributed by atoms with Gasteiger partial charge in [0.1, 0.15) is 5.92 Å². The normalized spacial score (nSPS) is 16.1. The number of aromatic nitrogens is 2. The van der Waals surface area contributed by atoms with E-state index < -0.39 is 5.92 Å². The minimum absolute atomic E-state index is 0. The number of carbonyl (C=O) groups is 1. The Morgan fingerprint density at radius 2 is 2.29 bits per heavy atom. The molecule has 2 aromatic carbocycles. The number of halogens is 1. The van der Waals surface area contributed by atoms with E-state index >= 15 is 0 Å². The Morgan fingerprint density at radius 3 is 3.07 bits per heavy atom. The number of rotatable bonds is 2. The van der Waals surface area contributed by atoms with Crippen molar-refractivity contribution in [1.82, 2.24) is 9.97 Å². The number of fused-ring (bicyclic) bond motifs is 4. The summed E-state index contributed by atoms with van der Waals surface area (Å²) in [5, 5.41) is 1.57. The second-order valence-corrected chi connectivity index (χ2v) is 6.99. The second kappa shape index (κ2) is 7.21. The average molecular weight is 388 g/mol. The van der Waals surface area contributed by atoms with Crippen molar-refractivity contribution >= 4 is 45.6 Å². The predicted molar refractivity (Wildman–Crippen MR) is 102 cm³/mol. The van der Waals surface area contributed by atoms with Gasteiger partial charge in [-0.15, -0.1) is 12.1 Å². The molecular formula is C20H15ClLiN3O3. The fraction of sp³-hybridized carbons (Fsp3) is 0.200. The van der Waals surface area contributed by atoms with Crippen LogP contribution in [0.5, 0.6) is 0 Å². The van der Waals surface area contributed by atoms with Crippen molar-refractivity contribution in [3.8, 4) is 0 Å². The summed E-state index contributed by atoms with van der Waals surface area (Å²) in [6.45, 7) is 0.960. The van der Waals surface area contributed by atoms with Crippen LogP contribution in [0.2, 0.25) is 5.02 Å². The van der Waals surface area contributed by atoms with E-state index in [1.165, 1.54) is 7.11 Å². The number of carbonyl (C=O) groups excluding carboxylic acids is 1. The van der Waals surface area contributed by atoms with E-state index in [1.807, 2.05) is 29.2 Å². The number of nitrogens with zero attached hydrogens (tertiary/aromatic N) is 2. The maximum Gasteiger partial charge on any atom is 1.00 e. The number of oxazole rings is 1. The molecule has 0 saturated heterocycles. The number of hydrogen-bond donors (Lipinski definition) is 1. The first-order chi connectivity index (χ1) is 13.1. The van der Waals surface area contributed by atoms with Crippen LogP contribution in [0.1, 0.15) is 17.2 Å². The first-order valence-corrected chi connectivity index (χ1v) is 8.91. The summed E-state index contributed by atoms with van der Waals surface area (Å²) in [7, 11) is 1.40. The minimum Gasteiger partial charge on any atom is -0.488 e. The second-order valence-electron chi connectivity index (χ2n) is 6.55. The molecule has 3 heterocycles. The summed E-state index contributed by atoms with van der Waals surface area (Å²) >= 11 is 6.18. The van der Waals surface area contributed by atoms with Gasteiger partial charge in [0.15, 0.2) is 0 Å². The number of methoxy groups -OCH3 is 1. The SMILES string of the molecule is COC(=O)C1CN(c2nc3cc[c-]cc3o2)Cc2[nH]c3ccc(Cl)cc3c21.[Li+]. The Bertz CT molecular complexity index is 1150. The molecule has 0 bridgehead atoms. The van der Waals surface area contributed by atoms with Gasteiger partial charge in [-0.25, -0.2) is 4.98 Å². The van der Waals surface area contributed by atoms with Gasteiger partial charge in [0.25, 0.3) is 6.01 Å². The summed E-state index contributed by atoms with van der Waals surface area (Å²) in [4.78, 5) is 22.4. The van der Waals surface area contributed by atoms with Crippen molar-refractivity contribution in [2.75, 3.05) is 18.6 Å². The van der Waals surface area contributed by atoms with Gasteiger partial charge < -0.3 is 19.0 Å². The number of nitrogens with one attached hydrogen (secondary N) is 1. The molecule has 4 aromatic rings. The van der Waals surface area contributed by atoms with Crippen molar-refractivity contribution in [3.63, 3.8) is 0 Å². The van der Waals surface area contributed by atoms with Crippen molar-refractivity contribution in [2.45, 2.75) is 12.5 Å². The van der Waals surface area contributed by atoms with E-state index in [2.05, 4.69) is 16.0 Å². The number of benzene rings is 2. The standard InChI is InChI=1S/C20H15ClN3O3.Li/c1-26-19(25)13-9-24(20-23-15-4-2-3-5-17(15)27-20)10-16-18(13)12-8-11(21)6-7-14(12)22-16;/h2,4-8,13,22H,9-10H2,1H3;/q-1;+1. The molecule has 1 N–H and O–H groups in total. The molecule has 0 saturated carbocycles. The van der Waals surface area contributed by atoms with Gasteiger partial charge in [-0.3, -0.25) is 4.79 Å². The molecule has 0 fully saturated rings.